The molecule has 0 saturated heterocycles. The van der Waals surface area contributed by atoms with Crippen LogP contribution in [0.3, 0.4) is 0 Å². The Morgan fingerprint density at radius 2 is 1.79 bits per heavy atom. The number of aryl methyl sites for hydroxylation is 1. The Morgan fingerprint density at radius 3 is 2.37 bits per heavy atom. The molecule has 1 aromatic rings. The third kappa shape index (κ3) is 5.46. The number of unbranched alkanes of at least 4 members (excludes halogenated alkanes) is 3. The van der Waals surface area contributed by atoms with E-state index >= 15 is 0 Å². The minimum atomic E-state index is -0.0996. The van der Waals surface area contributed by atoms with Gasteiger partial charge in [0.25, 0.3) is 0 Å². The minimum absolute atomic E-state index is 0.0807. The highest BCUT2D eigenvalue weighted by atomic mass is 16.5. The first kappa shape index (κ1) is 15.7. The molecule has 1 aromatic carbocycles. The van der Waals surface area contributed by atoms with E-state index in [4.69, 9.17) is 4.74 Å². The van der Waals surface area contributed by atoms with Gasteiger partial charge in [0.05, 0.1) is 12.5 Å². The summed E-state index contributed by atoms with van der Waals surface area (Å²) in [5.41, 5.74) is 2.30. The number of hydrogen-bond donors (Lipinski definition) is 0. The van der Waals surface area contributed by atoms with Crippen LogP contribution in [0.15, 0.2) is 24.3 Å². The Balaban J connectivity index is 2.68. The summed E-state index contributed by atoms with van der Waals surface area (Å²) in [7, 11) is 0. The fourth-order valence-corrected chi connectivity index (χ4v) is 2.24. The van der Waals surface area contributed by atoms with Crippen molar-refractivity contribution in [2.75, 3.05) is 6.61 Å². The largest absolute Gasteiger partial charge is 0.466 e. The summed E-state index contributed by atoms with van der Waals surface area (Å²) >= 11 is 0. The molecule has 0 saturated carbocycles. The molecule has 0 aromatic heterocycles. The molecule has 0 radical (unpaired) electrons. The number of rotatable bonds is 8. The Bertz CT molecular complexity index is 367. The van der Waals surface area contributed by atoms with Crippen LogP contribution in [-0.4, -0.2) is 12.6 Å². The van der Waals surface area contributed by atoms with E-state index in [1.807, 2.05) is 6.92 Å². The third-order valence-corrected chi connectivity index (χ3v) is 3.40. The van der Waals surface area contributed by atoms with Crippen molar-refractivity contribution in [2.24, 2.45) is 0 Å². The summed E-state index contributed by atoms with van der Waals surface area (Å²) < 4.78 is 5.21. The standard InChI is InChI=1S/C17H26O2/c1-4-6-7-8-9-16(17(18)19-5-2)15-12-10-14(3)11-13-15/h10-13,16H,4-9H2,1-3H3. The number of hydrogen-bond acceptors (Lipinski definition) is 2. The maximum Gasteiger partial charge on any atom is 0.313 e. The molecule has 1 unspecified atom stereocenters. The molecule has 0 N–H and O–H groups in total. The predicted molar refractivity (Wildman–Crippen MR) is 79.3 cm³/mol. The van der Waals surface area contributed by atoms with Crippen molar-refractivity contribution < 1.29 is 9.53 Å². The van der Waals surface area contributed by atoms with Crippen molar-refractivity contribution in [3.05, 3.63) is 35.4 Å². The lowest BCUT2D eigenvalue weighted by Crippen LogP contribution is -2.16. The lowest BCUT2D eigenvalue weighted by atomic mass is 9.92. The van der Waals surface area contributed by atoms with Gasteiger partial charge in [-0.15, -0.1) is 0 Å². The first-order valence-corrected chi connectivity index (χ1v) is 7.42. The van der Waals surface area contributed by atoms with Crippen molar-refractivity contribution in [2.45, 2.75) is 58.8 Å². The highest BCUT2D eigenvalue weighted by Gasteiger charge is 2.21. The van der Waals surface area contributed by atoms with Gasteiger partial charge in [-0.25, -0.2) is 0 Å². The van der Waals surface area contributed by atoms with Crippen molar-refractivity contribution in [3.8, 4) is 0 Å². The van der Waals surface area contributed by atoms with Crippen LogP contribution in [0.2, 0.25) is 0 Å². The fourth-order valence-electron chi connectivity index (χ4n) is 2.24. The lowest BCUT2D eigenvalue weighted by Gasteiger charge is -2.16. The molecule has 1 rings (SSSR count). The summed E-state index contributed by atoms with van der Waals surface area (Å²) in [6, 6.07) is 8.23. The second kappa shape index (κ2) is 8.73. The van der Waals surface area contributed by atoms with Crippen LogP contribution >= 0.6 is 0 Å². The number of benzene rings is 1. The lowest BCUT2D eigenvalue weighted by molar-refractivity contribution is -0.145. The molecule has 1 atom stereocenters. The van der Waals surface area contributed by atoms with Crippen LogP contribution in [0.1, 0.15) is 63.0 Å². The van der Waals surface area contributed by atoms with Gasteiger partial charge in [0.2, 0.25) is 0 Å². The van der Waals surface area contributed by atoms with E-state index in [1.165, 1.54) is 24.8 Å². The number of ether oxygens (including phenoxy) is 1. The molecule has 106 valence electrons. The quantitative estimate of drug-likeness (QED) is 0.505. The first-order chi connectivity index (χ1) is 9.19. The van der Waals surface area contributed by atoms with Crippen molar-refractivity contribution in [3.63, 3.8) is 0 Å². The van der Waals surface area contributed by atoms with Gasteiger partial charge in [0, 0.05) is 0 Å². The molecular formula is C17H26O2. The number of esters is 1. The van der Waals surface area contributed by atoms with Gasteiger partial charge in [-0.1, -0.05) is 62.4 Å². The SMILES string of the molecule is CCCCCCC(C(=O)OCC)c1ccc(C)cc1. The van der Waals surface area contributed by atoms with Crippen molar-refractivity contribution in [1.29, 1.82) is 0 Å². The summed E-state index contributed by atoms with van der Waals surface area (Å²) in [5, 5.41) is 0. The molecule has 0 bridgehead atoms. The van der Waals surface area contributed by atoms with Crippen LogP contribution in [0.25, 0.3) is 0 Å². The van der Waals surface area contributed by atoms with E-state index in [0.29, 0.717) is 6.61 Å². The molecule has 0 aliphatic rings. The van der Waals surface area contributed by atoms with Crippen LogP contribution in [-0.2, 0) is 9.53 Å². The molecule has 0 aliphatic heterocycles. The van der Waals surface area contributed by atoms with Gasteiger partial charge < -0.3 is 4.74 Å². The topological polar surface area (TPSA) is 26.3 Å². The van der Waals surface area contributed by atoms with Gasteiger partial charge in [0.1, 0.15) is 0 Å². The van der Waals surface area contributed by atoms with Gasteiger partial charge in [-0.3, -0.25) is 4.79 Å². The van der Waals surface area contributed by atoms with E-state index in [0.717, 1.165) is 18.4 Å². The number of carbonyl (C=O) groups excluding carboxylic acids is 1. The van der Waals surface area contributed by atoms with E-state index in [1.54, 1.807) is 0 Å². The maximum absolute atomic E-state index is 12.1. The molecule has 2 heteroatoms. The fraction of sp³-hybridized carbons (Fsp3) is 0.588. The summed E-state index contributed by atoms with van der Waals surface area (Å²) in [4.78, 5) is 12.1. The molecule has 2 nitrogen and oxygen atoms in total. The highest BCUT2D eigenvalue weighted by Crippen LogP contribution is 2.24. The minimum Gasteiger partial charge on any atom is -0.466 e. The zero-order valence-electron chi connectivity index (χ0n) is 12.4. The molecule has 0 heterocycles. The van der Waals surface area contributed by atoms with E-state index < -0.39 is 0 Å². The Labute approximate surface area is 117 Å². The predicted octanol–water partition coefficient (Wildman–Crippen LogP) is 4.61. The Hall–Kier alpha value is -1.31. The maximum atomic E-state index is 12.1. The summed E-state index contributed by atoms with van der Waals surface area (Å²) in [6.45, 7) is 6.57. The summed E-state index contributed by atoms with van der Waals surface area (Å²) in [5.74, 6) is -0.180. The third-order valence-electron chi connectivity index (χ3n) is 3.40. The van der Waals surface area contributed by atoms with Crippen molar-refractivity contribution >= 4 is 5.97 Å². The van der Waals surface area contributed by atoms with Crippen LogP contribution in [0.4, 0.5) is 0 Å². The first-order valence-electron chi connectivity index (χ1n) is 7.42. The second-order valence-electron chi connectivity index (χ2n) is 5.06. The number of carbonyl (C=O) groups is 1. The molecule has 19 heavy (non-hydrogen) atoms. The normalized spacial score (nSPS) is 12.2. The molecule has 0 spiro atoms. The summed E-state index contributed by atoms with van der Waals surface area (Å²) in [6.07, 6.45) is 5.63. The van der Waals surface area contributed by atoms with Crippen molar-refractivity contribution in [1.82, 2.24) is 0 Å². The van der Waals surface area contributed by atoms with Gasteiger partial charge in [-0.2, -0.15) is 0 Å². The highest BCUT2D eigenvalue weighted by molar-refractivity contribution is 5.78. The second-order valence-corrected chi connectivity index (χ2v) is 5.06. The van der Waals surface area contributed by atoms with E-state index in [2.05, 4.69) is 38.1 Å². The molecular weight excluding hydrogens is 236 g/mol. The monoisotopic (exact) mass is 262 g/mol. The van der Waals surface area contributed by atoms with Gasteiger partial charge >= 0.3 is 5.97 Å². The average Bonchev–Trinajstić information content (AvgIpc) is 2.40. The Kier molecular flexibility index (Phi) is 7.24. The van der Waals surface area contributed by atoms with E-state index in [-0.39, 0.29) is 11.9 Å². The molecule has 0 fully saturated rings. The Morgan fingerprint density at radius 1 is 1.11 bits per heavy atom. The molecule has 0 aliphatic carbocycles. The van der Waals surface area contributed by atoms with E-state index in [9.17, 15) is 4.79 Å². The van der Waals surface area contributed by atoms with Gasteiger partial charge in [0.15, 0.2) is 0 Å². The van der Waals surface area contributed by atoms with Crippen LogP contribution in [0.5, 0.6) is 0 Å². The van der Waals surface area contributed by atoms with Crippen LogP contribution < -0.4 is 0 Å². The van der Waals surface area contributed by atoms with Crippen LogP contribution in [0, 0.1) is 6.92 Å². The van der Waals surface area contributed by atoms with Gasteiger partial charge in [-0.05, 0) is 25.8 Å². The molecule has 0 amide bonds. The smallest absolute Gasteiger partial charge is 0.313 e. The average molecular weight is 262 g/mol. The zero-order valence-corrected chi connectivity index (χ0v) is 12.4. The zero-order chi connectivity index (χ0) is 14.1.